The van der Waals surface area contributed by atoms with E-state index >= 15 is 0 Å². The lowest BCUT2D eigenvalue weighted by Gasteiger charge is -2.10. The van der Waals surface area contributed by atoms with Gasteiger partial charge in [-0.15, -0.1) is 0 Å². The summed E-state index contributed by atoms with van der Waals surface area (Å²) in [6, 6.07) is 16.0. The Kier molecular flexibility index (Phi) is 4.68. The van der Waals surface area contributed by atoms with E-state index in [2.05, 4.69) is 26.9 Å². The topological polar surface area (TPSA) is 103 Å². The van der Waals surface area contributed by atoms with Crippen LogP contribution in [0.4, 0.5) is 16.2 Å². The number of H-pyrrole nitrogens is 1. The Balaban J connectivity index is 1.61. The summed E-state index contributed by atoms with van der Waals surface area (Å²) < 4.78 is 5.30. The molecule has 1 aliphatic rings. The minimum atomic E-state index is -0.387. The normalized spacial score (nSPS) is 12.9. The molecule has 140 valence electrons. The van der Waals surface area contributed by atoms with E-state index < -0.39 is 0 Å². The molecule has 1 heterocycles. The van der Waals surface area contributed by atoms with Gasteiger partial charge < -0.3 is 15.4 Å². The van der Waals surface area contributed by atoms with Crippen molar-refractivity contribution in [3.05, 3.63) is 59.8 Å². The smallest absolute Gasteiger partial charge is 0.323 e. The zero-order valence-corrected chi connectivity index (χ0v) is 15.3. The number of nitriles is 1. The summed E-state index contributed by atoms with van der Waals surface area (Å²) in [5.74, 6) is 1.10. The second kappa shape index (κ2) is 7.45. The number of aromatic nitrogens is 2. The summed E-state index contributed by atoms with van der Waals surface area (Å²) in [7, 11) is 1.61. The first kappa shape index (κ1) is 17.6. The molecular formula is C21H19N5O2. The fourth-order valence-corrected chi connectivity index (χ4v) is 3.07. The molecule has 2 aromatic carbocycles. The van der Waals surface area contributed by atoms with Crippen LogP contribution in [0, 0.1) is 11.3 Å². The lowest BCUT2D eigenvalue weighted by molar-refractivity contribution is 0.262. The maximum atomic E-state index is 12.6. The number of anilines is 2. The third-order valence-electron chi connectivity index (χ3n) is 4.61. The highest BCUT2D eigenvalue weighted by molar-refractivity contribution is 6.02. The van der Waals surface area contributed by atoms with E-state index in [1.54, 1.807) is 31.4 Å². The zero-order valence-electron chi connectivity index (χ0n) is 15.3. The molecule has 7 heteroatoms. The molecule has 2 amide bonds. The van der Waals surface area contributed by atoms with E-state index in [9.17, 15) is 4.79 Å². The third kappa shape index (κ3) is 3.67. The van der Waals surface area contributed by atoms with Gasteiger partial charge in [0.25, 0.3) is 0 Å². The van der Waals surface area contributed by atoms with Gasteiger partial charge in [0.2, 0.25) is 0 Å². The van der Waals surface area contributed by atoms with Gasteiger partial charge in [-0.05, 0) is 43.2 Å². The van der Waals surface area contributed by atoms with Crippen LogP contribution in [0.15, 0.2) is 48.5 Å². The van der Waals surface area contributed by atoms with Gasteiger partial charge in [-0.2, -0.15) is 10.4 Å². The van der Waals surface area contributed by atoms with Crippen LogP contribution in [0.25, 0.3) is 11.3 Å². The maximum Gasteiger partial charge on any atom is 0.323 e. The van der Waals surface area contributed by atoms with E-state index in [-0.39, 0.29) is 6.03 Å². The number of benzene rings is 2. The van der Waals surface area contributed by atoms with E-state index in [4.69, 9.17) is 10.00 Å². The number of amides is 2. The van der Waals surface area contributed by atoms with E-state index in [1.165, 1.54) is 0 Å². The highest BCUT2D eigenvalue weighted by Crippen LogP contribution is 2.45. The predicted molar refractivity (Wildman–Crippen MR) is 106 cm³/mol. The fourth-order valence-electron chi connectivity index (χ4n) is 3.07. The predicted octanol–water partition coefficient (Wildman–Crippen LogP) is 4.48. The van der Waals surface area contributed by atoms with Crippen LogP contribution < -0.4 is 15.4 Å². The van der Waals surface area contributed by atoms with Crippen LogP contribution in [0.3, 0.4) is 0 Å². The van der Waals surface area contributed by atoms with Gasteiger partial charge in [0, 0.05) is 17.2 Å². The number of hydrogen-bond donors (Lipinski definition) is 3. The van der Waals surface area contributed by atoms with Crippen molar-refractivity contribution >= 4 is 17.4 Å². The van der Waals surface area contributed by atoms with Crippen LogP contribution in [-0.2, 0) is 0 Å². The third-order valence-corrected chi connectivity index (χ3v) is 4.61. The minimum absolute atomic E-state index is 0.379. The molecule has 1 fully saturated rings. The van der Waals surface area contributed by atoms with Crippen molar-refractivity contribution < 1.29 is 9.53 Å². The van der Waals surface area contributed by atoms with Crippen molar-refractivity contribution in [1.82, 2.24) is 10.2 Å². The summed E-state index contributed by atoms with van der Waals surface area (Å²) >= 11 is 0. The van der Waals surface area contributed by atoms with E-state index in [1.807, 2.05) is 24.3 Å². The number of hydrogen-bond acceptors (Lipinski definition) is 4. The fraction of sp³-hybridized carbons (Fsp3) is 0.190. The number of ether oxygens (including phenoxy) is 1. The van der Waals surface area contributed by atoms with E-state index in [0.717, 1.165) is 29.8 Å². The number of nitrogens with one attached hydrogen (secondary N) is 3. The summed E-state index contributed by atoms with van der Waals surface area (Å²) in [5.41, 5.74) is 4.15. The molecule has 0 unspecified atom stereocenters. The number of rotatable bonds is 5. The number of aromatic amines is 1. The number of carbonyl (C=O) groups is 1. The first-order valence-electron chi connectivity index (χ1n) is 8.99. The van der Waals surface area contributed by atoms with Crippen LogP contribution in [0.1, 0.15) is 30.0 Å². The molecule has 4 rings (SSSR count). The Hall–Kier alpha value is -3.79. The van der Waals surface area contributed by atoms with Crippen LogP contribution in [0.5, 0.6) is 5.75 Å². The summed E-state index contributed by atoms with van der Waals surface area (Å²) in [5, 5.41) is 22.3. The van der Waals surface area contributed by atoms with Crippen LogP contribution >= 0.6 is 0 Å². The largest absolute Gasteiger partial charge is 0.497 e. The molecule has 7 nitrogen and oxygen atoms in total. The molecule has 0 saturated heterocycles. The van der Waals surface area contributed by atoms with Crippen molar-refractivity contribution in [2.75, 3.05) is 17.7 Å². The quantitative estimate of drug-likeness (QED) is 0.613. The van der Waals surface area contributed by atoms with Crippen molar-refractivity contribution in [2.45, 2.75) is 18.8 Å². The van der Waals surface area contributed by atoms with Crippen molar-refractivity contribution in [2.24, 2.45) is 0 Å². The monoisotopic (exact) mass is 373 g/mol. The second-order valence-electron chi connectivity index (χ2n) is 6.64. The molecule has 3 aromatic rings. The lowest BCUT2D eigenvalue weighted by atomic mass is 10.1. The first-order chi connectivity index (χ1) is 13.7. The van der Waals surface area contributed by atoms with Crippen LogP contribution in [0.2, 0.25) is 0 Å². The molecule has 1 saturated carbocycles. The average Bonchev–Trinajstić information content (AvgIpc) is 3.48. The molecule has 0 radical (unpaired) electrons. The number of nitrogens with zero attached hydrogens (tertiary/aromatic N) is 2. The Morgan fingerprint density at radius 1 is 1.21 bits per heavy atom. The first-order valence-corrected chi connectivity index (χ1v) is 8.99. The average molecular weight is 373 g/mol. The van der Waals surface area contributed by atoms with Gasteiger partial charge >= 0.3 is 6.03 Å². The van der Waals surface area contributed by atoms with Gasteiger partial charge in [-0.25, -0.2) is 4.79 Å². The molecule has 28 heavy (non-hydrogen) atoms. The standard InChI is InChI=1S/C21H19N5O2/c1-28-17-7-3-5-15(11-17)19-20(18(25-26-19)14-8-9-14)24-21(27)23-16-6-2-4-13(10-16)12-22/h2-7,10-11,14H,8-9H2,1H3,(H,25,26)(H2,23,24,27). The molecule has 0 spiro atoms. The molecule has 0 aliphatic heterocycles. The number of carbonyl (C=O) groups excluding carboxylic acids is 1. The van der Waals surface area contributed by atoms with Crippen LogP contribution in [-0.4, -0.2) is 23.3 Å². The number of urea groups is 1. The van der Waals surface area contributed by atoms with Gasteiger partial charge in [0.15, 0.2) is 0 Å². The minimum Gasteiger partial charge on any atom is -0.497 e. The Bertz CT molecular complexity index is 1060. The summed E-state index contributed by atoms with van der Waals surface area (Å²) in [6.45, 7) is 0. The number of methoxy groups -OCH3 is 1. The SMILES string of the molecule is COc1cccc(-c2n[nH]c(C3CC3)c2NC(=O)Nc2cccc(C#N)c2)c1. The highest BCUT2D eigenvalue weighted by Gasteiger charge is 2.31. The summed E-state index contributed by atoms with van der Waals surface area (Å²) in [6.07, 6.45) is 2.14. The molecule has 3 N–H and O–H groups in total. The van der Waals surface area contributed by atoms with Crippen molar-refractivity contribution in [3.8, 4) is 23.1 Å². The molecular weight excluding hydrogens is 354 g/mol. The van der Waals surface area contributed by atoms with Gasteiger partial charge in [-0.1, -0.05) is 18.2 Å². The molecule has 1 aromatic heterocycles. The van der Waals surface area contributed by atoms with Gasteiger partial charge in [0.1, 0.15) is 11.4 Å². The van der Waals surface area contributed by atoms with Gasteiger partial charge in [-0.3, -0.25) is 5.10 Å². The molecule has 0 atom stereocenters. The Morgan fingerprint density at radius 2 is 2.04 bits per heavy atom. The molecule has 1 aliphatic carbocycles. The Morgan fingerprint density at radius 3 is 2.79 bits per heavy atom. The Labute approximate surface area is 162 Å². The molecule has 0 bridgehead atoms. The van der Waals surface area contributed by atoms with Crippen molar-refractivity contribution in [3.63, 3.8) is 0 Å². The second-order valence-corrected chi connectivity index (χ2v) is 6.64. The maximum absolute atomic E-state index is 12.6. The summed E-state index contributed by atoms with van der Waals surface area (Å²) in [4.78, 5) is 12.6. The highest BCUT2D eigenvalue weighted by atomic mass is 16.5. The van der Waals surface area contributed by atoms with Crippen molar-refractivity contribution in [1.29, 1.82) is 5.26 Å². The van der Waals surface area contributed by atoms with Gasteiger partial charge in [0.05, 0.1) is 30.1 Å². The van der Waals surface area contributed by atoms with E-state index in [0.29, 0.717) is 28.6 Å². The lowest BCUT2D eigenvalue weighted by Crippen LogP contribution is -2.20. The zero-order chi connectivity index (χ0) is 19.5.